The quantitative estimate of drug-likeness (QED) is 0.724. The van der Waals surface area contributed by atoms with Gasteiger partial charge >= 0.3 is 5.97 Å². The number of likely N-dealkylation sites (tertiary alicyclic amines) is 1. The predicted molar refractivity (Wildman–Crippen MR) is 91.9 cm³/mol. The number of nitrogens with zero attached hydrogens (tertiary/aromatic N) is 2. The molecule has 0 bridgehead atoms. The van der Waals surface area contributed by atoms with Crippen LogP contribution in [0.5, 0.6) is 5.75 Å². The van der Waals surface area contributed by atoms with Gasteiger partial charge in [-0.15, -0.1) is 0 Å². The maximum atomic E-state index is 13.1. The third kappa shape index (κ3) is 3.65. The van der Waals surface area contributed by atoms with E-state index in [0.29, 0.717) is 12.4 Å². The summed E-state index contributed by atoms with van der Waals surface area (Å²) in [6, 6.07) is 6.59. The van der Waals surface area contributed by atoms with Crippen molar-refractivity contribution in [1.29, 1.82) is 0 Å². The van der Waals surface area contributed by atoms with E-state index in [0.717, 1.165) is 25.9 Å². The van der Waals surface area contributed by atoms with Crippen molar-refractivity contribution in [3.8, 4) is 5.75 Å². The smallest absolute Gasteiger partial charge is 0.321 e. The number of ether oxygens (including phenoxy) is 2. The third-order valence-electron chi connectivity index (χ3n) is 5.09. The minimum Gasteiger partial charge on any atom is -0.492 e. The summed E-state index contributed by atoms with van der Waals surface area (Å²) >= 11 is 0. The second-order valence-corrected chi connectivity index (χ2v) is 8.79. The Hall–Kier alpha value is -1.64. The van der Waals surface area contributed by atoms with E-state index in [1.54, 1.807) is 18.2 Å². The first kappa shape index (κ1) is 18.2. The number of para-hydroxylation sites is 1. The van der Waals surface area contributed by atoms with E-state index in [4.69, 9.17) is 9.47 Å². The number of sulfonamides is 1. The number of piperidine rings is 1. The molecule has 0 unspecified atom stereocenters. The molecule has 7 nitrogen and oxygen atoms in total. The molecule has 0 atom stereocenters. The molecule has 3 rings (SSSR count). The number of benzene rings is 1. The van der Waals surface area contributed by atoms with Gasteiger partial charge in [-0.05, 0) is 45.1 Å². The molecule has 0 amide bonds. The monoisotopic (exact) mass is 368 g/mol. The molecule has 1 spiro atoms. The van der Waals surface area contributed by atoms with Crippen LogP contribution in [-0.4, -0.2) is 70.5 Å². The molecule has 8 heteroatoms. The second-order valence-electron chi connectivity index (χ2n) is 6.89. The van der Waals surface area contributed by atoms with Crippen molar-refractivity contribution in [3.63, 3.8) is 0 Å². The topological polar surface area (TPSA) is 76.2 Å². The standard InChI is InChI=1S/C17H24N2O5S/c1-18-9-7-17(8-10-18)12-19(11-16(20)23-2)25(21,22)15-6-4-3-5-14(15)24-13-17/h3-6H,7-13H2,1-2H3. The lowest BCUT2D eigenvalue weighted by Crippen LogP contribution is -2.52. The van der Waals surface area contributed by atoms with Crippen molar-refractivity contribution in [1.82, 2.24) is 9.21 Å². The van der Waals surface area contributed by atoms with Gasteiger partial charge in [-0.2, -0.15) is 4.31 Å². The normalized spacial score (nSPS) is 23.1. The van der Waals surface area contributed by atoms with Gasteiger partial charge in [-0.25, -0.2) is 8.42 Å². The van der Waals surface area contributed by atoms with E-state index in [-0.39, 0.29) is 23.4 Å². The summed E-state index contributed by atoms with van der Waals surface area (Å²) in [7, 11) is -0.527. The van der Waals surface area contributed by atoms with E-state index < -0.39 is 16.0 Å². The van der Waals surface area contributed by atoms with Gasteiger partial charge in [0.25, 0.3) is 0 Å². The van der Waals surface area contributed by atoms with E-state index in [1.807, 2.05) is 0 Å². The summed E-state index contributed by atoms with van der Waals surface area (Å²) in [4.78, 5) is 14.2. The Balaban J connectivity index is 2.01. The molecular formula is C17H24N2O5S. The number of methoxy groups -OCH3 is 1. The minimum atomic E-state index is -3.84. The van der Waals surface area contributed by atoms with Gasteiger partial charge in [0.1, 0.15) is 17.2 Å². The first-order valence-corrected chi connectivity index (χ1v) is 9.78. The van der Waals surface area contributed by atoms with Crippen LogP contribution in [0.4, 0.5) is 0 Å². The Morgan fingerprint density at radius 3 is 2.64 bits per heavy atom. The molecule has 0 N–H and O–H groups in total. The zero-order valence-corrected chi connectivity index (χ0v) is 15.4. The second kappa shape index (κ2) is 6.93. The fourth-order valence-corrected chi connectivity index (χ4v) is 5.03. The summed E-state index contributed by atoms with van der Waals surface area (Å²) in [5.74, 6) is -0.221. The maximum Gasteiger partial charge on any atom is 0.321 e. The fourth-order valence-electron chi connectivity index (χ4n) is 3.40. The van der Waals surface area contributed by atoms with Crippen molar-refractivity contribution in [2.75, 3.05) is 46.9 Å². The minimum absolute atomic E-state index is 0.0988. The SMILES string of the molecule is COC(=O)CN1CC2(CCN(C)CC2)COc2ccccc2S1(=O)=O. The number of carbonyl (C=O) groups is 1. The van der Waals surface area contributed by atoms with Crippen LogP contribution in [0.1, 0.15) is 12.8 Å². The molecule has 1 aromatic rings. The van der Waals surface area contributed by atoms with Crippen LogP contribution >= 0.6 is 0 Å². The van der Waals surface area contributed by atoms with E-state index in [1.165, 1.54) is 17.5 Å². The lowest BCUT2D eigenvalue weighted by molar-refractivity contribution is -0.141. The molecule has 138 valence electrons. The van der Waals surface area contributed by atoms with Crippen LogP contribution < -0.4 is 4.74 Å². The van der Waals surface area contributed by atoms with Crippen LogP contribution in [0, 0.1) is 5.41 Å². The number of rotatable bonds is 2. The molecule has 0 radical (unpaired) electrons. The van der Waals surface area contributed by atoms with Gasteiger partial charge in [-0.1, -0.05) is 12.1 Å². The first-order valence-electron chi connectivity index (χ1n) is 8.34. The molecule has 1 fully saturated rings. The Morgan fingerprint density at radius 1 is 1.28 bits per heavy atom. The Kier molecular flexibility index (Phi) is 5.04. The third-order valence-corrected chi connectivity index (χ3v) is 6.92. The van der Waals surface area contributed by atoms with Gasteiger partial charge in [0.05, 0.1) is 13.7 Å². The van der Waals surface area contributed by atoms with Crippen LogP contribution in [0.2, 0.25) is 0 Å². The van der Waals surface area contributed by atoms with Crippen LogP contribution in [-0.2, 0) is 19.6 Å². The summed E-state index contributed by atoms with van der Waals surface area (Å²) in [6.45, 7) is 2.15. The van der Waals surface area contributed by atoms with E-state index in [9.17, 15) is 13.2 Å². The highest BCUT2D eigenvalue weighted by atomic mass is 32.2. The number of esters is 1. The van der Waals surface area contributed by atoms with Gasteiger partial charge < -0.3 is 14.4 Å². The van der Waals surface area contributed by atoms with Crippen molar-refractivity contribution >= 4 is 16.0 Å². The lowest BCUT2D eigenvalue weighted by Gasteiger charge is -2.44. The summed E-state index contributed by atoms with van der Waals surface area (Å²) in [5, 5.41) is 0. The predicted octanol–water partition coefficient (Wildman–Crippen LogP) is 0.955. The van der Waals surface area contributed by atoms with Crippen LogP contribution in [0.25, 0.3) is 0 Å². The molecule has 25 heavy (non-hydrogen) atoms. The Labute approximate surface area is 148 Å². The maximum absolute atomic E-state index is 13.1. The molecule has 0 aliphatic carbocycles. The number of hydrogen-bond donors (Lipinski definition) is 0. The summed E-state index contributed by atoms with van der Waals surface area (Å²) in [5.41, 5.74) is -0.304. The van der Waals surface area contributed by atoms with Crippen molar-refractivity contribution in [2.24, 2.45) is 5.41 Å². The van der Waals surface area contributed by atoms with Crippen LogP contribution in [0.3, 0.4) is 0 Å². The summed E-state index contributed by atoms with van der Waals surface area (Å²) < 4.78 is 38.2. The van der Waals surface area contributed by atoms with Gasteiger partial charge in [-0.3, -0.25) is 4.79 Å². The highest BCUT2D eigenvalue weighted by molar-refractivity contribution is 7.89. The number of fused-ring (bicyclic) bond motifs is 1. The highest BCUT2D eigenvalue weighted by Gasteiger charge is 2.43. The lowest BCUT2D eigenvalue weighted by atomic mass is 9.79. The molecule has 2 heterocycles. The van der Waals surface area contributed by atoms with Crippen molar-refractivity contribution in [2.45, 2.75) is 17.7 Å². The fraction of sp³-hybridized carbons (Fsp3) is 0.588. The average molecular weight is 368 g/mol. The molecule has 2 aliphatic rings. The molecular weight excluding hydrogens is 344 g/mol. The average Bonchev–Trinajstić information content (AvgIpc) is 2.61. The number of carbonyl (C=O) groups excluding carboxylic acids is 1. The molecule has 1 aromatic carbocycles. The zero-order valence-electron chi connectivity index (χ0n) is 14.6. The molecule has 1 saturated heterocycles. The molecule has 2 aliphatic heterocycles. The Morgan fingerprint density at radius 2 is 1.96 bits per heavy atom. The van der Waals surface area contributed by atoms with Gasteiger partial charge in [0.2, 0.25) is 10.0 Å². The van der Waals surface area contributed by atoms with E-state index in [2.05, 4.69) is 11.9 Å². The molecule has 0 aromatic heterocycles. The van der Waals surface area contributed by atoms with Gasteiger partial charge in [0.15, 0.2) is 0 Å². The Bertz CT molecular complexity index is 741. The first-order chi connectivity index (χ1) is 11.9. The highest BCUT2D eigenvalue weighted by Crippen LogP contribution is 2.38. The summed E-state index contributed by atoms with van der Waals surface area (Å²) in [6.07, 6.45) is 1.64. The molecule has 0 saturated carbocycles. The van der Waals surface area contributed by atoms with E-state index >= 15 is 0 Å². The van der Waals surface area contributed by atoms with Crippen molar-refractivity contribution < 1.29 is 22.7 Å². The largest absolute Gasteiger partial charge is 0.492 e. The number of hydrogen-bond acceptors (Lipinski definition) is 6. The van der Waals surface area contributed by atoms with Crippen molar-refractivity contribution in [3.05, 3.63) is 24.3 Å². The zero-order chi connectivity index (χ0) is 18.1. The van der Waals surface area contributed by atoms with Crippen LogP contribution in [0.15, 0.2) is 29.2 Å². The van der Waals surface area contributed by atoms with Gasteiger partial charge in [0, 0.05) is 12.0 Å².